The van der Waals surface area contributed by atoms with Crippen LogP contribution in [0.5, 0.6) is 0 Å². The molecule has 2 aliphatic heterocycles. The first-order chi connectivity index (χ1) is 14.1. The maximum Gasteiger partial charge on any atom is 0.257 e. The summed E-state index contributed by atoms with van der Waals surface area (Å²) < 4.78 is 0. The number of aryl methyl sites for hydroxylation is 1. The predicted molar refractivity (Wildman–Crippen MR) is 117 cm³/mol. The summed E-state index contributed by atoms with van der Waals surface area (Å²) in [6.07, 6.45) is 5.42. The molecule has 0 aromatic heterocycles. The number of nitrogens with zero attached hydrogens (tertiary/aromatic N) is 2. The van der Waals surface area contributed by atoms with E-state index in [0.717, 1.165) is 50.1 Å². The van der Waals surface area contributed by atoms with Crippen LogP contribution < -0.4 is 10.2 Å². The predicted octanol–water partition coefficient (Wildman–Crippen LogP) is 4.68. The molecule has 1 saturated heterocycles. The number of carbonyl (C=O) groups is 2. The Bertz CT molecular complexity index is 907. The Hall–Kier alpha value is -2.82. The van der Waals surface area contributed by atoms with Crippen molar-refractivity contribution in [3.63, 3.8) is 0 Å². The fraction of sp³-hybridized carbons (Fsp3) is 0.417. The standard InChI is InChI=1S/C24H29N3O2/c1-3-17-9-12-19(13-10-17)25-23(28)18-11-14-20-21(16-18)26(4-2)22-8-6-5-7-15-27(22)24(20)29/h9-14,16,22H,3-8,15H2,1-2H3,(H,25,28)/t22-/m0/s1. The topological polar surface area (TPSA) is 52.7 Å². The molecule has 0 bridgehead atoms. The largest absolute Gasteiger partial charge is 0.351 e. The van der Waals surface area contributed by atoms with E-state index < -0.39 is 0 Å². The number of hydrogen-bond acceptors (Lipinski definition) is 3. The summed E-state index contributed by atoms with van der Waals surface area (Å²) >= 11 is 0. The number of nitrogens with one attached hydrogen (secondary N) is 1. The van der Waals surface area contributed by atoms with Gasteiger partial charge in [-0.1, -0.05) is 25.5 Å². The van der Waals surface area contributed by atoms with E-state index in [-0.39, 0.29) is 18.0 Å². The van der Waals surface area contributed by atoms with Gasteiger partial charge in [0.1, 0.15) is 6.17 Å². The van der Waals surface area contributed by atoms with Gasteiger partial charge in [0.05, 0.1) is 11.3 Å². The van der Waals surface area contributed by atoms with E-state index in [1.54, 1.807) is 6.07 Å². The summed E-state index contributed by atoms with van der Waals surface area (Å²) in [4.78, 5) is 30.2. The van der Waals surface area contributed by atoms with E-state index in [0.29, 0.717) is 11.1 Å². The van der Waals surface area contributed by atoms with Gasteiger partial charge in [0.2, 0.25) is 0 Å². The highest BCUT2D eigenvalue weighted by Crippen LogP contribution is 2.35. The second-order valence-corrected chi connectivity index (χ2v) is 7.85. The van der Waals surface area contributed by atoms with Crippen molar-refractivity contribution >= 4 is 23.2 Å². The number of anilines is 2. The first-order valence-electron chi connectivity index (χ1n) is 10.7. The molecule has 0 saturated carbocycles. The molecular formula is C24H29N3O2. The van der Waals surface area contributed by atoms with Gasteiger partial charge in [-0.2, -0.15) is 0 Å². The Labute approximate surface area is 172 Å². The van der Waals surface area contributed by atoms with Crippen LogP contribution in [0, 0.1) is 0 Å². The zero-order valence-corrected chi connectivity index (χ0v) is 17.3. The van der Waals surface area contributed by atoms with Gasteiger partial charge in [0.15, 0.2) is 0 Å². The van der Waals surface area contributed by atoms with Crippen LogP contribution in [0.1, 0.15) is 65.8 Å². The third-order valence-corrected chi connectivity index (χ3v) is 6.10. The van der Waals surface area contributed by atoms with E-state index >= 15 is 0 Å². The smallest absolute Gasteiger partial charge is 0.257 e. The molecule has 5 heteroatoms. The van der Waals surface area contributed by atoms with Gasteiger partial charge in [0, 0.05) is 24.3 Å². The second kappa shape index (κ2) is 8.27. The van der Waals surface area contributed by atoms with E-state index in [4.69, 9.17) is 0 Å². The van der Waals surface area contributed by atoms with Crippen molar-refractivity contribution in [1.29, 1.82) is 0 Å². The van der Waals surface area contributed by atoms with Crippen molar-refractivity contribution in [2.75, 3.05) is 23.3 Å². The van der Waals surface area contributed by atoms with Crippen molar-refractivity contribution in [1.82, 2.24) is 4.90 Å². The number of amides is 2. The Morgan fingerprint density at radius 2 is 1.86 bits per heavy atom. The second-order valence-electron chi connectivity index (χ2n) is 7.85. The summed E-state index contributed by atoms with van der Waals surface area (Å²) in [6.45, 7) is 5.85. The average Bonchev–Trinajstić information content (AvgIpc) is 3.01. The van der Waals surface area contributed by atoms with Crippen LogP contribution in [0.4, 0.5) is 11.4 Å². The summed E-state index contributed by atoms with van der Waals surface area (Å²) in [5.41, 5.74) is 4.19. The minimum absolute atomic E-state index is 0.0960. The number of hydrogen-bond donors (Lipinski definition) is 1. The van der Waals surface area contributed by atoms with Gasteiger partial charge in [-0.3, -0.25) is 9.59 Å². The molecule has 2 aromatic rings. The summed E-state index contributed by atoms with van der Waals surface area (Å²) in [6, 6.07) is 13.4. The zero-order valence-electron chi connectivity index (χ0n) is 17.3. The maximum absolute atomic E-state index is 13.1. The van der Waals surface area contributed by atoms with Crippen LogP contribution in [0.3, 0.4) is 0 Å². The van der Waals surface area contributed by atoms with Crippen molar-refractivity contribution in [2.45, 2.75) is 52.1 Å². The fourth-order valence-corrected chi connectivity index (χ4v) is 4.47. The molecule has 2 heterocycles. The zero-order chi connectivity index (χ0) is 20.4. The molecule has 0 aliphatic carbocycles. The lowest BCUT2D eigenvalue weighted by Crippen LogP contribution is -2.55. The number of fused-ring (bicyclic) bond motifs is 2. The van der Waals surface area contributed by atoms with E-state index in [1.165, 1.54) is 12.0 Å². The first-order valence-corrected chi connectivity index (χ1v) is 10.7. The molecule has 29 heavy (non-hydrogen) atoms. The third kappa shape index (κ3) is 3.74. The van der Waals surface area contributed by atoms with Crippen LogP contribution in [0.15, 0.2) is 42.5 Å². The molecule has 0 spiro atoms. The summed E-state index contributed by atoms with van der Waals surface area (Å²) in [5, 5.41) is 2.97. The summed E-state index contributed by atoms with van der Waals surface area (Å²) in [7, 11) is 0. The minimum atomic E-state index is -0.149. The average molecular weight is 392 g/mol. The summed E-state index contributed by atoms with van der Waals surface area (Å²) in [5.74, 6) is -0.0532. The van der Waals surface area contributed by atoms with Crippen molar-refractivity contribution in [3.8, 4) is 0 Å². The highest BCUT2D eigenvalue weighted by atomic mass is 16.2. The van der Waals surface area contributed by atoms with Gasteiger partial charge in [0.25, 0.3) is 11.8 Å². The van der Waals surface area contributed by atoms with E-state index in [2.05, 4.69) is 24.1 Å². The SMILES string of the molecule is CCc1ccc(NC(=O)c2ccc3c(c2)N(CC)[C@@H]2CCCCCN2C3=O)cc1. The molecular weight excluding hydrogens is 362 g/mol. The Morgan fingerprint density at radius 3 is 2.59 bits per heavy atom. The molecule has 1 atom stereocenters. The molecule has 152 valence electrons. The molecule has 5 nitrogen and oxygen atoms in total. The number of rotatable bonds is 4. The Morgan fingerprint density at radius 1 is 1.07 bits per heavy atom. The van der Waals surface area contributed by atoms with E-state index in [9.17, 15) is 9.59 Å². The van der Waals surface area contributed by atoms with Gasteiger partial charge in [-0.25, -0.2) is 0 Å². The van der Waals surface area contributed by atoms with E-state index in [1.807, 2.05) is 41.3 Å². The first kappa shape index (κ1) is 19.5. The molecule has 4 rings (SSSR count). The lowest BCUT2D eigenvalue weighted by atomic mass is 10.0. The van der Waals surface area contributed by atoms with Crippen LogP contribution in [0.2, 0.25) is 0 Å². The molecule has 2 aliphatic rings. The number of benzene rings is 2. The van der Waals surface area contributed by atoms with Crippen LogP contribution in [0.25, 0.3) is 0 Å². The number of carbonyl (C=O) groups excluding carboxylic acids is 2. The quantitative estimate of drug-likeness (QED) is 0.823. The highest BCUT2D eigenvalue weighted by molar-refractivity contribution is 6.08. The Kier molecular flexibility index (Phi) is 5.56. The van der Waals surface area contributed by atoms with Crippen LogP contribution in [-0.4, -0.2) is 36.0 Å². The van der Waals surface area contributed by atoms with Crippen molar-refractivity contribution in [3.05, 3.63) is 59.2 Å². The lowest BCUT2D eigenvalue weighted by Gasteiger charge is -2.44. The van der Waals surface area contributed by atoms with Gasteiger partial charge < -0.3 is 15.1 Å². The van der Waals surface area contributed by atoms with Crippen LogP contribution >= 0.6 is 0 Å². The van der Waals surface area contributed by atoms with Crippen LogP contribution in [-0.2, 0) is 6.42 Å². The van der Waals surface area contributed by atoms with Gasteiger partial charge >= 0.3 is 0 Å². The van der Waals surface area contributed by atoms with Crippen molar-refractivity contribution in [2.24, 2.45) is 0 Å². The fourth-order valence-electron chi connectivity index (χ4n) is 4.47. The molecule has 1 fully saturated rings. The molecule has 2 aromatic carbocycles. The third-order valence-electron chi connectivity index (χ3n) is 6.10. The molecule has 2 amide bonds. The highest BCUT2D eigenvalue weighted by Gasteiger charge is 2.37. The molecule has 1 N–H and O–H groups in total. The van der Waals surface area contributed by atoms with Crippen molar-refractivity contribution < 1.29 is 9.59 Å². The van der Waals surface area contributed by atoms with Gasteiger partial charge in [-0.05, 0) is 68.5 Å². The minimum Gasteiger partial charge on any atom is -0.351 e. The van der Waals surface area contributed by atoms with Gasteiger partial charge in [-0.15, -0.1) is 0 Å². The maximum atomic E-state index is 13.1. The Balaban J connectivity index is 1.62. The monoisotopic (exact) mass is 391 g/mol. The molecule has 0 unspecified atom stereocenters. The molecule has 0 radical (unpaired) electrons. The normalized spacial score (nSPS) is 18.7. The lowest BCUT2D eigenvalue weighted by molar-refractivity contribution is 0.0656.